The molecule has 1 aromatic carbocycles. The van der Waals surface area contributed by atoms with Gasteiger partial charge in [-0.1, -0.05) is 0 Å². The fourth-order valence-electron chi connectivity index (χ4n) is 1.86. The summed E-state index contributed by atoms with van der Waals surface area (Å²) < 4.78 is 6.37. The zero-order chi connectivity index (χ0) is 15.4. The maximum Gasteiger partial charge on any atom is 0.251 e. The van der Waals surface area contributed by atoms with E-state index in [2.05, 4.69) is 5.32 Å². The lowest BCUT2D eigenvalue weighted by molar-refractivity contribution is -0.116. The normalized spacial score (nSPS) is 10.2. The van der Waals surface area contributed by atoms with Gasteiger partial charge in [0.25, 0.3) is 5.56 Å². The van der Waals surface area contributed by atoms with Crippen molar-refractivity contribution in [1.29, 1.82) is 0 Å². The summed E-state index contributed by atoms with van der Waals surface area (Å²) in [5.41, 5.74) is 7.36. The number of aromatic nitrogens is 1. The number of rotatable bonds is 4. The Morgan fingerprint density at radius 2 is 2.10 bits per heavy atom. The smallest absolute Gasteiger partial charge is 0.251 e. The number of ether oxygens (including phenoxy) is 1. The van der Waals surface area contributed by atoms with Gasteiger partial charge in [0.2, 0.25) is 5.91 Å². The molecule has 0 aliphatic carbocycles. The topological polar surface area (TPSA) is 86.3 Å². The zero-order valence-electron chi connectivity index (χ0n) is 11.9. The van der Waals surface area contributed by atoms with Crippen LogP contribution in [0.25, 0.3) is 0 Å². The number of aryl methyl sites for hydroxylation is 1. The molecule has 0 saturated carbocycles. The average Bonchev–Trinajstić information content (AvgIpc) is 2.44. The molecule has 6 nitrogen and oxygen atoms in total. The van der Waals surface area contributed by atoms with Crippen LogP contribution in [0.5, 0.6) is 5.75 Å². The van der Waals surface area contributed by atoms with E-state index in [4.69, 9.17) is 10.5 Å². The van der Waals surface area contributed by atoms with Crippen LogP contribution in [0.4, 0.5) is 11.4 Å². The van der Waals surface area contributed by atoms with Crippen LogP contribution >= 0.6 is 0 Å². The predicted octanol–water partition coefficient (Wildman–Crippen LogP) is 1.39. The third-order valence-electron chi connectivity index (χ3n) is 3.00. The number of hydrogen-bond donors (Lipinski definition) is 2. The summed E-state index contributed by atoms with van der Waals surface area (Å²) >= 11 is 0. The van der Waals surface area contributed by atoms with Gasteiger partial charge in [-0.05, 0) is 30.7 Å². The number of nitrogens with two attached hydrogens (primary N) is 1. The van der Waals surface area contributed by atoms with E-state index in [1.54, 1.807) is 30.5 Å². The summed E-state index contributed by atoms with van der Waals surface area (Å²) in [5, 5.41) is 2.67. The fourth-order valence-corrected chi connectivity index (χ4v) is 1.86. The number of carbonyl (C=O) groups is 1. The van der Waals surface area contributed by atoms with Gasteiger partial charge in [0.15, 0.2) is 0 Å². The largest absolute Gasteiger partial charge is 0.497 e. The van der Waals surface area contributed by atoms with E-state index < -0.39 is 0 Å². The first-order chi connectivity index (χ1) is 9.99. The minimum Gasteiger partial charge on any atom is -0.497 e. The van der Waals surface area contributed by atoms with Crippen LogP contribution < -0.4 is 21.3 Å². The van der Waals surface area contributed by atoms with Gasteiger partial charge in [-0.3, -0.25) is 9.59 Å². The summed E-state index contributed by atoms with van der Waals surface area (Å²) in [5.74, 6) is 0.290. The predicted molar refractivity (Wildman–Crippen MR) is 81.5 cm³/mol. The molecule has 0 saturated heterocycles. The Bertz CT molecular complexity index is 722. The standard InChI is InChI=1S/C15H17N3O3/c1-10-5-6-18(15(20)7-10)9-14(19)17-13-4-3-11(21-2)8-12(13)16/h3-8H,9,16H2,1-2H3,(H,17,19). The molecule has 0 fully saturated rings. The van der Waals surface area contributed by atoms with Crippen molar-refractivity contribution in [2.45, 2.75) is 13.5 Å². The third kappa shape index (κ3) is 3.62. The molecule has 0 spiro atoms. The molecular formula is C15H17N3O3. The number of hydrogen-bond acceptors (Lipinski definition) is 4. The lowest BCUT2D eigenvalue weighted by Crippen LogP contribution is -2.27. The van der Waals surface area contributed by atoms with Gasteiger partial charge in [-0.2, -0.15) is 0 Å². The quantitative estimate of drug-likeness (QED) is 0.832. The molecule has 3 N–H and O–H groups in total. The Balaban J connectivity index is 2.10. The molecule has 21 heavy (non-hydrogen) atoms. The third-order valence-corrected chi connectivity index (χ3v) is 3.00. The van der Waals surface area contributed by atoms with Crippen LogP contribution in [-0.2, 0) is 11.3 Å². The van der Waals surface area contributed by atoms with Crippen molar-refractivity contribution in [2.75, 3.05) is 18.2 Å². The average molecular weight is 287 g/mol. The van der Waals surface area contributed by atoms with Crippen molar-refractivity contribution in [1.82, 2.24) is 4.57 Å². The lowest BCUT2D eigenvalue weighted by atomic mass is 10.2. The molecule has 0 bridgehead atoms. The molecule has 2 rings (SSSR count). The molecular weight excluding hydrogens is 270 g/mol. The van der Waals surface area contributed by atoms with Crippen LogP contribution in [0.3, 0.4) is 0 Å². The van der Waals surface area contributed by atoms with Gasteiger partial charge >= 0.3 is 0 Å². The van der Waals surface area contributed by atoms with E-state index >= 15 is 0 Å². The van der Waals surface area contributed by atoms with Gasteiger partial charge in [-0.15, -0.1) is 0 Å². The van der Waals surface area contributed by atoms with Gasteiger partial charge in [0.05, 0.1) is 18.5 Å². The van der Waals surface area contributed by atoms with E-state index in [1.807, 2.05) is 6.92 Å². The molecule has 1 aromatic heterocycles. The number of nitrogens with zero attached hydrogens (tertiary/aromatic N) is 1. The maximum atomic E-state index is 12.0. The van der Waals surface area contributed by atoms with E-state index in [1.165, 1.54) is 17.7 Å². The van der Waals surface area contributed by atoms with Gasteiger partial charge in [0, 0.05) is 18.3 Å². The lowest BCUT2D eigenvalue weighted by Gasteiger charge is -2.10. The Morgan fingerprint density at radius 3 is 2.71 bits per heavy atom. The number of anilines is 2. The highest BCUT2D eigenvalue weighted by molar-refractivity contribution is 5.93. The van der Waals surface area contributed by atoms with E-state index in [-0.39, 0.29) is 18.0 Å². The Morgan fingerprint density at radius 1 is 1.33 bits per heavy atom. The monoisotopic (exact) mass is 287 g/mol. The SMILES string of the molecule is COc1ccc(NC(=O)Cn2ccc(C)cc2=O)c(N)c1. The Labute approximate surface area is 122 Å². The number of benzene rings is 1. The van der Waals surface area contributed by atoms with Gasteiger partial charge in [-0.25, -0.2) is 0 Å². The van der Waals surface area contributed by atoms with Crippen LogP contribution in [0.1, 0.15) is 5.56 Å². The summed E-state index contributed by atoms with van der Waals surface area (Å²) in [6.07, 6.45) is 1.59. The summed E-state index contributed by atoms with van der Waals surface area (Å²) in [6.45, 7) is 1.76. The highest BCUT2D eigenvalue weighted by atomic mass is 16.5. The molecule has 2 aromatic rings. The van der Waals surface area contributed by atoms with Crippen molar-refractivity contribution in [3.63, 3.8) is 0 Å². The van der Waals surface area contributed by atoms with Crippen LogP contribution in [0.2, 0.25) is 0 Å². The number of amides is 1. The second-order valence-corrected chi connectivity index (χ2v) is 4.67. The van der Waals surface area contributed by atoms with E-state index in [9.17, 15) is 9.59 Å². The van der Waals surface area contributed by atoms with Crippen molar-refractivity contribution in [3.05, 3.63) is 52.4 Å². The van der Waals surface area contributed by atoms with E-state index in [0.29, 0.717) is 17.1 Å². The first-order valence-electron chi connectivity index (χ1n) is 6.40. The molecule has 0 aliphatic heterocycles. The van der Waals surface area contributed by atoms with Gasteiger partial charge in [0.1, 0.15) is 12.3 Å². The maximum absolute atomic E-state index is 12.0. The molecule has 110 valence electrons. The van der Waals surface area contributed by atoms with Crippen LogP contribution in [0, 0.1) is 6.92 Å². The van der Waals surface area contributed by atoms with E-state index in [0.717, 1.165) is 5.56 Å². The van der Waals surface area contributed by atoms with Crippen molar-refractivity contribution < 1.29 is 9.53 Å². The fraction of sp³-hybridized carbons (Fsp3) is 0.200. The number of methoxy groups -OCH3 is 1. The number of nitrogen functional groups attached to an aromatic ring is 1. The Hall–Kier alpha value is -2.76. The van der Waals surface area contributed by atoms with Crippen molar-refractivity contribution in [3.8, 4) is 5.75 Å². The van der Waals surface area contributed by atoms with Crippen LogP contribution in [-0.4, -0.2) is 17.6 Å². The molecule has 1 heterocycles. The molecule has 0 unspecified atom stereocenters. The van der Waals surface area contributed by atoms with Crippen molar-refractivity contribution in [2.24, 2.45) is 0 Å². The Kier molecular flexibility index (Phi) is 4.27. The summed E-state index contributed by atoms with van der Waals surface area (Å²) in [6, 6.07) is 8.23. The minimum absolute atomic E-state index is 0.0649. The summed E-state index contributed by atoms with van der Waals surface area (Å²) in [4.78, 5) is 23.7. The van der Waals surface area contributed by atoms with Crippen LogP contribution in [0.15, 0.2) is 41.3 Å². The first-order valence-corrected chi connectivity index (χ1v) is 6.40. The highest BCUT2D eigenvalue weighted by Gasteiger charge is 2.08. The number of carbonyl (C=O) groups excluding carboxylic acids is 1. The molecule has 1 amide bonds. The molecule has 0 radical (unpaired) electrons. The first kappa shape index (κ1) is 14.6. The molecule has 6 heteroatoms. The molecule has 0 atom stereocenters. The second kappa shape index (κ2) is 6.13. The second-order valence-electron chi connectivity index (χ2n) is 4.67. The minimum atomic E-state index is -0.321. The number of pyridine rings is 1. The van der Waals surface area contributed by atoms with Crippen molar-refractivity contribution >= 4 is 17.3 Å². The zero-order valence-corrected chi connectivity index (χ0v) is 11.9. The highest BCUT2D eigenvalue weighted by Crippen LogP contribution is 2.23. The summed E-state index contributed by atoms with van der Waals surface area (Å²) in [7, 11) is 1.54. The number of nitrogens with one attached hydrogen (secondary N) is 1. The van der Waals surface area contributed by atoms with Gasteiger partial charge < -0.3 is 20.4 Å². The molecule has 0 aliphatic rings.